The molecule has 0 aliphatic heterocycles. The Morgan fingerprint density at radius 1 is 1.38 bits per heavy atom. The molecule has 0 atom stereocenters. The number of benzene rings is 1. The van der Waals surface area contributed by atoms with Gasteiger partial charge >= 0.3 is 11.7 Å². The Balaban J connectivity index is 1.82. The third-order valence-electron chi connectivity index (χ3n) is 3.22. The van der Waals surface area contributed by atoms with E-state index < -0.39 is 10.9 Å². The normalized spacial score (nSPS) is 10.5. The molecule has 0 radical (unpaired) electrons. The fourth-order valence-electron chi connectivity index (χ4n) is 2.15. The molecule has 0 fully saturated rings. The summed E-state index contributed by atoms with van der Waals surface area (Å²) in [7, 11) is 0. The van der Waals surface area contributed by atoms with Crippen molar-refractivity contribution >= 4 is 23.3 Å². The molecule has 1 aromatic carbocycles. The lowest BCUT2D eigenvalue weighted by atomic mass is 10.3. The quantitative estimate of drug-likeness (QED) is 0.328. The number of nitrogens with zero attached hydrogens (tertiary/aromatic N) is 3. The highest BCUT2D eigenvalue weighted by Crippen LogP contribution is 2.21. The van der Waals surface area contributed by atoms with E-state index in [9.17, 15) is 14.9 Å². The molecule has 0 bridgehead atoms. The fourth-order valence-corrected chi connectivity index (χ4v) is 2.33. The second-order valence-corrected chi connectivity index (χ2v) is 5.40. The molecular weight excluding hydrogens is 338 g/mol. The van der Waals surface area contributed by atoms with Crippen molar-refractivity contribution < 1.29 is 19.2 Å². The van der Waals surface area contributed by atoms with Crippen molar-refractivity contribution in [1.82, 2.24) is 9.78 Å². The molecule has 24 heavy (non-hydrogen) atoms. The number of aryl methyl sites for hydroxylation is 1. The third kappa shape index (κ3) is 4.45. The van der Waals surface area contributed by atoms with Crippen LogP contribution in [0.15, 0.2) is 24.3 Å². The van der Waals surface area contributed by atoms with Gasteiger partial charge in [0, 0.05) is 5.02 Å². The summed E-state index contributed by atoms with van der Waals surface area (Å²) in [5.41, 5.74) is 0.478. The zero-order valence-electron chi connectivity index (χ0n) is 13.2. The van der Waals surface area contributed by atoms with Crippen molar-refractivity contribution in [2.24, 2.45) is 0 Å². The maximum absolute atomic E-state index is 11.8. The van der Waals surface area contributed by atoms with E-state index in [1.807, 2.05) is 0 Å². The first-order chi connectivity index (χ1) is 11.4. The van der Waals surface area contributed by atoms with Crippen LogP contribution < -0.4 is 4.74 Å². The summed E-state index contributed by atoms with van der Waals surface area (Å²) in [6.07, 6.45) is 0. The summed E-state index contributed by atoms with van der Waals surface area (Å²) in [4.78, 5) is 22.2. The lowest BCUT2D eigenvalue weighted by Gasteiger charge is -2.08. The van der Waals surface area contributed by atoms with Crippen LogP contribution in [-0.4, -0.2) is 33.9 Å². The summed E-state index contributed by atoms with van der Waals surface area (Å²) < 4.78 is 11.7. The first kappa shape index (κ1) is 17.7. The van der Waals surface area contributed by atoms with Crippen LogP contribution in [0.4, 0.5) is 5.69 Å². The van der Waals surface area contributed by atoms with Crippen LogP contribution in [0.1, 0.15) is 11.4 Å². The number of ether oxygens (including phenoxy) is 2. The molecule has 0 aliphatic carbocycles. The van der Waals surface area contributed by atoms with Crippen LogP contribution >= 0.6 is 11.6 Å². The van der Waals surface area contributed by atoms with Gasteiger partial charge in [0.2, 0.25) is 0 Å². The van der Waals surface area contributed by atoms with Crippen LogP contribution in [0.3, 0.4) is 0 Å². The van der Waals surface area contributed by atoms with E-state index in [1.165, 1.54) is 18.5 Å². The molecule has 2 aromatic rings. The number of nitro groups is 1. The number of esters is 1. The van der Waals surface area contributed by atoms with E-state index in [1.54, 1.807) is 24.3 Å². The molecule has 1 aromatic heterocycles. The van der Waals surface area contributed by atoms with Gasteiger partial charge in [0.25, 0.3) is 0 Å². The number of hydrogen-bond acceptors (Lipinski definition) is 6. The molecule has 0 unspecified atom stereocenters. The van der Waals surface area contributed by atoms with Crippen molar-refractivity contribution in [3.05, 3.63) is 50.8 Å². The Morgan fingerprint density at radius 2 is 2.12 bits per heavy atom. The van der Waals surface area contributed by atoms with E-state index in [-0.39, 0.29) is 31.1 Å². The summed E-state index contributed by atoms with van der Waals surface area (Å²) in [5.74, 6) is 0.0258. The predicted molar refractivity (Wildman–Crippen MR) is 86.3 cm³/mol. The Bertz CT molecular complexity index is 760. The summed E-state index contributed by atoms with van der Waals surface area (Å²) in [6.45, 7) is 3.08. The minimum Gasteiger partial charge on any atom is -0.490 e. The van der Waals surface area contributed by atoms with Crippen LogP contribution in [0.2, 0.25) is 5.02 Å². The molecule has 0 N–H and O–H groups in total. The second-order valence-electron chi connectivity index (χ2n) is 4.96. The molecule has 1 heterocycles. The van der Waals surface area contributed by atoms with Gasteiger partial charge in [0.1, 0.15) is 36.9 Å². The Morgan fingerprint density at radius 3 is 2.75 bits per heavy atom. The van der Waals surface area contributed by atoms with Gasteiger partial charge in [-0.25, -0.2) is 0 Å². The van der Waals surface area contributed by atoms with Gasteiger partial charge in [-0.1, -0.05) is 17.7 Å². The van der Waals surface area contributed by atoms with E-state index in [2.05, 4.69) is 5.10 Å². The molecule has 8 nitrogen and oxygen atoms in total. The minimum atomic E-state index is -0.551. The lowest BCUT2D eigenvalue weighted by Crippen LogP contribution is -2.18. The Labute approximate surface area is 143 Å². The fraction of sp³-hybridized carbons (Fsp3) is 0.333. The lowest BCUT2D eigenvalue weighted by molar-refractivity contribution is -0.386. The molecule has 128 valence electrons. The number of hydrogen-bond donors (Lipinski definition) is 0. The first-order valence-electron chi connectivity index (χ1n) is 7.11. The maximum Gasteiger partial charge on any atom is 0.327 e. The highest BCUT2D eigenvalue weighted by Gasteiger charge is 2.22. The highest BCUT2D eigenvalue weighted by atomic mass is 35.5. The van der Waals surface area contributed by atoms with E-state index >= 15 is 0 Å². The predicted octanol–water partition coefficient (Wildman–Crippen LogP) is 2.68. The van der Waals surface area contributed by atoms with E-state index in [0.29, 0.717) is 16.5 Å². The topological polar surface area (TPSA) is 96.5 Å². The van der Waals surface area contributed by atoms with Gasteiger partial charge in [-0.3, -0.25) is 19.6 Å². The van der Waals surface area contributed by atoms with Gasteiger partial charge in [-0.05, 0) is 32.0 Å². The van der Waals surface area contributed by atoms with Gasteiger partial charge in [-0.15, -0.1) is 0 Å². The summed E-state index contributed by atoms with van der Waals surface area (Å²) >= 11 is 5.83. The average molecular weight is 354 g/mol. The maximum atomic E-state index is 11.8. The van der Waals surface area contributed by atoms with Gasteiger partial charge < -0.3 is 9.47 Å². The van der Waals surface area contributed by atoms with E-state index in [4.69, 9.17) is 21.1 Å². The third-order valence-corrected chi connectivity index (χ3v) is 3.45. The molecule has 9 heteroatoms. The SMILES string of the molecule is Cc1nn(CC(=O)OCCOc2cccc(Cl)c2)c(C)c1[N+](=O)[O-]. The number of halogens is 1. The zero-order valence-corrected chi connectivity index (χ0v) is 13.9. The Kier molecular flexibility index (Phi) is 5.75. The summed E-state index contributed by atoms with van der Waals surface area (Å²) in [6, 6.07) is 6.86. The molecule has 0 spiro atoms. The molecule has 2 rings (SSSR count). The number of carbonyl (C=O) groups excluding carboxylic acids is 1. The molecule has 0 saturated carbocycles. The van der Waals surface area contributed by atoms with Crippen molar-refractivity contribution in [2.75, 3.05) is 13.2 Å². The van der Waals surface area contributed by atoms with Crippen LogP contribution in [-0.2, 0) is 16.1 Å². The van der Waals surface area contributed by atoms with Crippen LogP contribution in [0.25, 0.3) is 0 Å². The molecule has 0 amide bonds. The summed E-state index contributed by atoms with van der Waals surface area (Å²) in [5, 5.41) is 15.5. The van der Waals surface area contributed by atoms with Gasteiger partial charge in [0.05, 0.1) is 4.92 Å². The highest BCUT2D eigenvalue weighted by molar-refractivity contribution is 6.30. The monoisotopic (exact) mass is 353 g/mol. The van der Waals surface area contributed by atoms with E-state index in [0.717, 1.165) is 0 Å². The number of aromatic nitrogens is 2. The largest absolute Gasteiger partial charge is 0.490 e. The first-order valence-corrected chi connectivity index (χ1v) is 7.48. The van der Waals surface area contributed by atoms with Gasteiger partial charge in [-0.2, -0.15) is 5.10 Å². The molecule has 0 saturated heterocycles. The van der Waals surface area contributed by atoms with Crippen molar-refractivity contribution in [3.8, 4) is 5.75 Å². The number of carbonyl (C=O) groups is 1. The van der Waals surface area contributed by atoms with Crippen molar-refractivity contribution in [3.63, 3.8) is 0 Å². The molecule has 0 aliphatic rings. The van der Waals surface area contributed by atoms with Crippen molar-refractivity contribution in [2.45, 2.75) is 20.4 Å². The van der Waals surface area contributed by atoms with Gasteiger partial charge in [0.15, 0.2) is 0 Å². The zero-order chi connectivity index (χ0) is 17.7. The average Bonchev–Trinajstić information content (AvgIpc) is 2.78. The Hall–Kier alpha value is -2.61. The number of rotatable bonds is 7. The minimum absolute atomic E-state index is 0.0484. The van der Waals surface area contributed by atoms with Crippen molar-refractivity contribution in [1.29, 1.82) is 0 Å². The standard InChI is InChI=1S/C15H16ClN3O5/c1-10-15(19(21)22)11(2)18(17-10)9-14(20)24-7-6-23-13-5-3-4-12(16)8-13/h3-5,8H,6-7,9H2,1-2H3. The van der Waals surface area contributed by atoms with Crippen LogP contribution in [0.5, 0.6) is 5.75 Å². The smallest absolute Gasteiger partial charge is 0.327 e. The van der Waals surface area contributed by atoms with Crippen LogP contribution in [0, 0.1) is 24.0 Å². The second kappa shape index (κ2) is 7.78. The molecular formula is C15H16ClN3O5.